The average Bonchev–Trinajstić information content (AvgIpc) is 2.48. The number of ether oxygens (including phenoxy) is 1. The van der Waals surface area contributed by atoms with Crippen molar-refractivity contribution in [2.75, 3.05) is 24.2 Å². The maximum Gasteiger partial charge on any atom is 0.265 e. The van der Waals surface area contributed by atoms with Crippen molar-refractivity contribution in [3.05, 3.63) is 47.5 Å². The van der Waals surface area contributed by atoms with Crippen molar-refractivity contribution in [1.29, 1.82) is 0 Å². The highest BCUT2D eigenvalue weighted by atomic mass is 35.5. The predicted octanol–water partition coefficient (Wildman–Crippen LogP) is 2.76. The molecule has 0 unspecified atom stereocenters. The lowest BCUT2D eigenvalue weighted by atomic mass is 10.3. The first-order chi connectivity index (χ1) is 9.86. The Morgan fingerprint density at radius 2 is 1.90 bits per heavy atom. The summed E-state index contributed by atoms with van der Waals surface area (Å²) in [7, 11) is -0.840. The monoisotopic (exact) mass is 326 g/mol. The number of sulfonamides is 1. The maximum absolute atomic E-state index is 12.7. The molecule has 2 aromatic carbocycles. The summed E-state index contributed by atoms with van der Waals surface area (Å²) in [6.07, 6.45) is 0. The lowest BCUT2D eigenvalue weighted by Gasteiger charge is -2.20. The van der Waals surface area contributed by atoms with Crippen LogP contribution in [-0.4, -0.2) is 22.6 Å². The highest BCUT2D eigenvalue weighted by Crippen LogP contribution is 2.30. The Balaban J connectivity index is 2.49. The number of anilines is 2. The first kappa shape index (κ1) is 15.5. The number of nitrogens with two attached hydrogens (primary N) is 1. The van der Waals surface area contributed by atoms with Crippen LogP contribution in [-0.2, 0) is 10.0 Å². The summed E-state index contributed by atoms with van der Waals surface area (Å²) < 4.78 is 31.5. The largest absolute Gasteiger partial charge is 0.497 e. The molecule has 0 aromatic heterocycles. The number of hydrogen-bond acceptors (Lipinski definition) is 4. The Labute approximate surface area is 128 Å². The minimum Gasteiger partial charge on any atom is -0.497 e. The lowest BCUT2D eigenvalue weighted by molar-refractivity contribution is 0.415. The number of methoxy groups -OCH3 is 1. The van der Waals surface area contributed by atoms with Crippen LogP contribution in [0.5, 0.6) is 5.75 Å². The second kappa shape index (κ2) is 5.83. The van der Waals surface area contributed by atoms with E-state index >= 15 is 0 Å². The summed E-state index contributed by atoms with van der Waals surface area (Å²) in [6.45, 7) is 0. The molecular weight excluding hydrogens is 312 g/mol. The summed E-state index contributed by atoms with van der Waals surface area (Å²) in [6, 6.07) is 11.1. The Bertz CT molecular complexity index is 763. The summed E-state index contributed by atoms with van der Waals surface area (Å²) >= 11 is 5.98. The van der Waals surface area contributed by atoms with Gasteiger partial charge >= 0.3 is 0 Å². The Hall–Kier alpha value is -1.92. The van der Waals surface area contributed by atoms with Gasteiger partial charge in [-0.25, -0.2) is 8.42 Å². The van der Waals surface area contributed by atoms with E-state index in [2.05, 4.69) is 0 Å². The number of nitrogen functional groups attached to an aromatic ring is 1. The van der Waals surface area contributed by atoms with Gasteiger partial charge in [0, 0.05) is 18.8 Å². The third-order valence-corrected chi connectivity index (χ3v) is 5.28. The maximum atomic E-state index is 12.7. The van der Waals surface area contributed by atoms with Gasteiger partial charge in [0.15, 0.2) is 0 Å². The average molecular weight is 327 g/mol. The molecule has 5 nitrogen and oxygen atoms in total. The molecule has 0 spiro atoms. The van der Waals surface area contributed by atoms with Crippen molar-refractivity contribution in [2.45, 2.75) is 4.90 Å². The van der Waals surface area contributed by atoms with Gasteiger partial charge in [0.2, 0.25) is 0 Å². The Kier molecular flexibility index (Phi) is 4.29. The molecule has 0 saturated carbocycles. The molecule has 0 bridgehead atoms. The first-order valence-corrected chi connectivity index (χ1v) is 7.86. The van der Waals surface area contributed by atoms with E-state index in [1.807, 2.05) is 0 Å². The molecule has 0 fully saturated rings. The molecule has 2 N–H and O–H groups in total. The van der Waals surface area contributed by atoms with E-state index in [0.29, 0.717) is 17.1 Å². The second-order valence-corrected chi connectivity index (χ2v) is 6.71. The molecule has 0 atom stereocenters. The number of hydrogen-bond donors (Lipinski definition) is 1. The van der Waals surface area contributed by atoms with Crippen molar-refractivity contribution in [2.24, 2.45) is 0 Å². The number of halogens is 1. The van der Waals surface area contributed by atoms with Crippen LogP contribution in [0.4, 0.5) is 11.4 Å². The fourth-order valence-corrected chi connectivity index (χ4v) is 3.51. The van der Waals surface area contributed by atoms with Gasteiger partial charge in [0.1, 0.15) is 10.6 Å². The molecular formula is C14H15ClN2O3S. The number of rotatable bonds is 4. The molecule has 0 aliphatic rings. The molecule has 2 aromatic rings. The zero-order valence-electron chi connectivity index (χ0n) is 11.6. The third-order valence-electron chi connectivity index (χ3n) is 3.01. The van der Waals surface area contributed by atoms with Crippen LogP contribution < -0.4 is 14.8 Å². The van der Waals surface area contributed by atoms with Gasteiger partial charge in [-0.15, -0.1) is 0 Å². The van der Waals surface area contributed by atoms with E-state index in [4.69, 9.17) is 22.1 Å². The molecule has 112 valence electrons. The van der Waals surface area contributed by atoms with Gasteiger partial charge in [0.05, 0.1) is 17.8 Å². The summed E-state index contributed by atoms with van der Waals surface area (Å²) in [5.74, 6) is 0.563. The fraction of sp³-hybridized carbons (Fsp3) is 0.143. The van der Waals surface area contributed by atoms with Gasteiger partial charge in [-0.05, 0) is 30.3 Å². The van der Waals surface area contributed by atoms with Crippen LogP contribution in [0.2, 0.25) is 5.02 Å². The second-order valence-electron chi connectivity index (χ2n) is 4.36. The van der Waals surface area contributed by atoms with Crippen molar-refractivity contribution in [3.8, 4) is 5.75 Å². The van der Waals surface area contributed by atoms with E-state index in [1.54, 1.807) is 30.3 Å². The summed E-state index contributed by atoms with van der Waals surface area (Å²) in [5.41, 5.74) is 6.44. The molecule has 7 heteroatoms. The lowest BCUT2D eigenvalue weighted by Crippen LogP contribution is -2.26. The zero-order valence-corrected chi connectivity index (χ0v) is 13.1. The van der Waals surface area contributed by atoms with Gasteiger partial charge in [0.25, 0.3) is 10.0 Å². The van der Waals surface area contributed by atoms with Crippen molar-refractivity contribution in [1.82, 2.24) is 0 Å². The molecule has 0 heterocycles. The molecule has 2 rings (SSSR count). The Morgan fingerprint density at radius 3 is 2.57 bits per heavy atom. The van der Waals surface area contributed by atoms with E-state index in [-0.39, 0.29) is 9.92 Å². The molecule has 21 heavy (non-hydrogen) atoms. The Morgan fingerprint density at radius 1 is 1.19 bits per heavy atom. The van der Waals surface area contributed by atoms with Crippen LogP contribution >= 0.6 is 11.6 Å². The van der Waals surface area contributed by atoms with E-state index < -0.39 is 10.0 Å². The normalized spacial score (nSPS) is 11.2. The van der Waals surface area contributed by atoms with Gasteiger partial charge in [-0.2, -0.15) is 0 Å². The molecule has 0 saturated heterocycles. The molecule has 0 aliphatic heterocycles. The molecule has 0 amide bonds. The smallest absolute Gasteiger partial charge is 0.265 e. The highest BCUT2D eigenvalue weighted by molar-refractivity contribution is 7.93. The van der Waals surface area contributed by atoms with Gasteiger partial charge in [-0.3, -0.25) is 4.31 Å². The topological polar surface area (TPSA) is 72.6 Å². The van der Waals surface area contributed by atoms with Crippen LogP contribution in [0.15, 0.2) is 47.4 Å². The van der Waals surface area contributed by atoms with Crippen LogP contribution in [0.3, 0.4) is 0 Å². The first-order valence-electron chi connectivity index (χ1n) is 6.04. The standard InChI is InChI=1S/C14H15ClN2O3S/c1-17(11-4-3-5-12(9-11)20-2)21(18,19)14-8-10(16)6-7-13(14)15/h3-9H,16H2,1-2H3. The number of nitrogens with zero attached hydrogens (tertiary/aromatic N) is 1. The van der Waals surface area contributed by atoms with E-state index in [0.717, 1.165) is 4.31 Å². The summed E-state index contributed by atoms with van der Waals surface area (Å²) in [5, 5.41) is 0.124. The van der Waals surface area contributed by atoms with Crippen molar-refractivity contribution < 1.29 is 13.2 Å². The highest BCUT2D eigenvalue weighted by Gasteiger charge is 2.24. The third kappa shape index (κ3) is 3.06. The van der Waals surface area contributed by atoms with Crippen LogP contribution in [0.25, 0.3) is 0 Å². The minimum atomic E-state index is -3.80. The van der Waals surface area contributed by atoms with Crippen LogP contribution in [0, 0.1) is 0 Å². The van der Waals surface area contributed by atoms with Gasteiger partial charge < -0.3 is 10.5 Å². The van der Waals surface area contributed by atoms with E-state index in [9.17, 15) is 8.42 Å². The van der Waals surface area contributed by atoms with Gasteiger partial charge in [-0.1, -0.05) is 17.7 Å². The predicted molar refractivity (Wildman–Crippen MR) is 84.4 cm³/mol. The SMILES string of the molecule is COc1cccc(N(C)S(=O)(=O)c2cc(N)ccc2Cl)c1. The van der Waals surface area contributed by atoms with Crippen LogP contribution in [0.1, 0.15) is 0 Å². The van der Waals surface area contributed by atoms with Crippen molar-refractivity contribution in [3.63, 3.8) is 0 Å². The fourth-order valence-electron chi connectivity index (χ4n) is 1.81. The van der Waals surface area contributed by atoms with Crippen molar-refractivity contribution >= 4 is 33.0 Å². The number of benzene rings is 2. The molecule has 0 aliphatic carbocycles. The zero-order chi connectivity index (χ0) is 15.6. The van der Waals surface area contributed by atoms with E-state index in [1.165, 1.54) is 26.3 Å². The quantitative estimate of drug-likeness (QED) is 0.877. The summed E-state index contributed by atoms with van der Waals surface area (Å²) in [4.78, 5) is -0.0329. The minimum absolute atomic E-state index is 0.0329. The molecule has 0 radical (unpaired) electrons.